The monoisotopic (exact) mass is 344 g/mol. The van der Waals surface area contributed by atoms with E-state index in [-0.39, 0.29) is 12.0 Å². The second-order valence-electron chi connectivity index (χ2n) is 7.49. The zero-order valence-electron chi connectivity index (χ0n) is 14.8. The minimum atomic E-state index is -0.190. The van der Waals surface area contributed by atoms with Gasteiger partial charge in [-0.05, 0) is 44.2 Å². The highest BCUT2D eigenvalue weighted by molar-refractivity contribution is 5.94. The highest BCUT2D eigenvalue weighted by atomic mass is 16.3. The Balaban J connectivity index is 1.34. The second kappa shape index (κ2) is 7.30. The maximum absolute atomic E-state index is 12.7. The molecule has 1 N–H and O–H groups in total. The smallest absolute Gasteiger partial charge is 0.255 e. The minimum absolute atomic E-state index is 0.0760. The molecule has 6 heteroatoms. The number of aromatic nitrogens is 1. The van der Waals surface area contributed by atoms with Crippen molar-refractivity contribution in [2.24, 2.45) is 0 Å². The molecular weight excluding hydrogens is 316 g/mol. The number of carbonyl (C=O) groups excluding carboxylic acids is 1. The summed E-state index contributed by atoms with van der Waals surface area (Å²) in [7, 11) is 0. The number of piperazine rings is 1. The van der Waals surface area contributed by atoms with Crippen LogP contribution in [0, 0.1) is 0 Å². The molecular formula is C19H28N4O2. The number of nitrogens with zero attached hydrogens (tertiary/aromatic N) is 4. The van der Waals surface area contributed by atoms with E-state index in [1.165, 1.54) is 12.8 Å². The number of pyridine rings is 1. The SMILES string of the molecule is O=C(c1ccc(N2CCCC2)nc1)N1CCN([C@@H]2CCC[C@H]2O)CC1. The topological polar surface area (TPSA) is 59.9 Å². The van der Waals surface area contributed by atoms with Crippen molar-refractivity contribution in [3.05, 3.63) is 23.9 Å². The number of aliphatic hydroxyl groups excluding tert-OH is 1. The number of amides is 1. The Morgan fingerprint density at radius 2 is 1.76 bits per heavy atom. The molecule has 4 rings (SSSR count). The Labute approximate surface area is 149 Å². The second-order valence-corrected chi connectivity index (χ2v) is 7.49. The summed E-state index contributed by atoms with van der Waals surface area (Å²) in [5.74, 6) is 1.06. The van der Waals surface area contributed by atoms with Gasteiger partial charge >= 0.3 is 0 Å². The van der Waals surface area contributed by atoms with Crippen LogP contribution in [0.1, 0.15) is 42.5 Å². The van der Waals surface area contributed by atoms with E-state index in [1.54, 1.807) is 6.20 Å². The lowest BCUT2D eigenvalue weighted by Gasteiger charge is -2.39. The van der Waals surface area contributed by atoms with Gasteiger partial charge in [-0.3, -0.25) is 9.69 Å². The van der Waals surface area contributed by atoms with E-state index in [2.05, 4.69) is 14.8 Å². The molecule has 6 nitrogen and oxygen atoms in total. The highest BCUT2D eigenvalue weighted by Crippen LogP contribution is 2.25. The van der Waals surface area contributed by atoms with Crippen molar-refractivity contribution in [2.45, 2.75) is 44.2 Å². The summed E-state index contributed by atoms with van der Waals surface area (Å²) in [6.07, 6.45) is 7.09. The van der Waals surface area contributed by atoms with Crippen LogP contribution in [-0.4, -0.2) is 77.2 Å². The molecule has 1 aliphatic carbocycles. The molecule has 3 aliphatic rings. The average Bonchev–Trinajstić information content (AvgIpc) is 3.33. The molecule has 0 unspecified atom stereocenters. The first-order valence-electron chi connectivity index (χ1n) is 9.65. The van der Waals surface area contributed by atoms with Crippen molar-refractivity contribution in [2.75, 3.05) is 44.2 Å². The molecule has 0 bridgehead atoms. The van der Waals surface area contributed by atoms with Crippen LogP contribution in [0.25, 0.3) is 0 Å². The fourth-order valence-corrected chi connectivity index (χ4v) is 4.43. The van der Waals surface area contributed by atoms with E-state index in [1.807, 2.05) is 17.0 Å². The van der Waals surface area contributed by atoms with Gasteiger partial charge in [0.05, 0.1) is 11.7 Å². The molecule has 1 aromatic rings. The lowest BCUT2D eigenvalue weighted by atomic mass is 10.1. The summed E-state index contributed by atoms with van der Waals surface area (Å²) in [6, 6.07) is 4.18. The van der Waals surface area contributed by atoms with Crippen LogP contribution in [0.4, 0.5) is 5.82 Å². The van der Waals surface area contributed by atoms with Gasteiger partial charge in [0.2, 0.25) is 0 Å². The standard InChI is InChI=1S/C19H28N4O2/c24-17-5-3-4-16(17)21-10-12-23(13-11-21)19(25)15-6-7-18(20-14-15)22-8-1-2-9-22/h6-7,14,16-17,24H,1-5,8-13H2/t16-,17-/m1/s1. The van der Waals surface area contributed by atoms with Crippen molar-refractivity contribution in [3.8, 4) is 0 Å². The number of carbonyl (C=O) groups is 1. The van der Waals surface area contributed by atoms with Crippen molar-refractivity contribution < 1.29 is 9.90 Å². The van der Waals surface area contributed by atoms with Gasteiger partial charge in [0.15, 0.2) is 0 Å². The van der Waals surface area contributed by atoms with Gasteiger partial charge in [-0.25, -0.2) is 4.98 Å². The van der Waals surface area contributed by atoms with E-state index >= 15 is 0 Å². The summed E-state index contributed by atoms with van der Waals surface area (Å²) >= 11 is 0. The largest absolute Gasteiger partial charge is 0.391 e. The summed E-state index contributed by atoms with van der Waals surface area (Å²) in [4.78, 5) is 23.8. The van der Waals surface area contributed by atoms with Crippen LogP contribution in [-0.2, 0) is 0 Å². The Morgan fingerprint density at radius 1 is 1.00 bits per heavy atom. The van der Waals surface area contributed by atoms with Crippen LogP contribution >= 0.6 is 0 Å². The first-order chi connectivity index (χ1) is 12.2. The third-order valence-corrected chi connectivity index (χ3v) is 5.94. The third-order valence-electron chi connectivity index (χ3n) is 5.94. The fraction of sp³-hybridized carbons (Fsp3) is 0.684. The van der Waals surface area contributed by atoms with Crippen molar-refractivity contribution in [3.63, 3.8) is 0 Å². The number of hydrogen-bond donors (Lipinski definition) is 1. The van der Waals surface area contributed by atoms with Crippen LogP contribution < -0.4 is 4.90 Å². The molecule has 1 aromatic heterocycles. The number of hydrogen-bond acceptors (Lipinski definition) is 5. The van der Waals surface area contributed by atoms with E-state index < -0.39 is 0 Å². The Kier molecular flexibility index (Phi) is 4.90. The Morgan fingerprint density at radius 3 is 2.36 bits per heavy atom. The number of anilines is 1. The number of rotatable bonds is 3. The van der Waals surface area contributed by atoms with Gasteiger partial charge < -0.3 is 14.9 Å². The predicted octanol–water partition coefficient (Wildman–Crippen LogP) is 1.35. The van der Waals surface area contributed by atoms with E-state index in [0.29, 0.717) is 11.6 Å². The molecule has 3 heterocycles. The summed E-state index contributed by atoms with van der Waals surface area (Å²) < 4.78 is 0. The van der Waals surface area contributed by atoms with E-state index in [0.717, 1.165) is 64.3 Å². The molecule has 0 aromatic carbocycles. The molecule has 1 saturated carbocycles. The molecule has 0 spiro atoms. The van der Waals surface area contributed by atoms with Gasteiger partial charge in [0.1, 0.15) is 5.82 Å². The lowest BCUT2D eigenvalue weighted by Crippen LogP contribution is -2.53. The fourth-order valence-electron chi connectivity index (χ4n) is 4.43. The van der Waals surface area contributed by atoms with Crippen molar-refractivity contribution in [1.82, 2.24) is 14.8 Å². The Bertz CT molecular complexity index is 592. The molecule has 2 atom stereocenters. The maximum atomic E-state index is 12.7. The van der Waals surface area contributed by atoms with Gasteiger partial charge in [-0.2, -0.15) is 0 Å². The zero-order valence-corrected chi connectivity index (χ0v) is 14.8. The van der Waals surface area contributed by atoms with Gasteiger partial charge in [0, 0.05) is 51.5 Å². The molecule has 3 fully saturated rings. The first-order valence-corrected chi connectivity index (χ1v) is 9.65. The maximum Gasteiger partial charge on any atom is 0.255 e. The summed E-state index contributed by atoms with van der Waals surface area (Å²) in [5, 5.41) is 10.1. The normalized spacial score (nSPS) is 27.9. The van der Waals surface area contributed by atoms with Crippen LogP contribution in [0.5, 0.6) is 0 Å². The van der Waals surface area contributed by atoms with Crippen molar-refractivity contribution >= 4 is 11.7 Å². The lowest BCUT2D eigenvalue weighted by molar-refractivity contribution is 0.0315. The quantitative estimate of drug-likeness (QED) is 0.897. The third kappa shape index (κ3) is 3.51. The molecule has 25 heavy (non-hydrogen) atoms. The first kappa shape index (κ1) is 16.8. The molecule has 136 valence electrons. The zero-order chi connectivity index (χ0) is 17.2. The van der Waals surface area contributed by atoms with Gasteiger partial charge in [-0.15, -0.1) is 0 Å². The van der Waals surface area contributed by atoms with E-state index in [9.17, 15) is 9.90 Å². The van der Waals surface area contributed by atoms with Crippen LogP contribution in [0.2, 0.25) is 0 Å². The molecule has 0 radical (unpaired) electrons. The van der Waals surface area contributed by atoms with Crippen LogP contribution in [0.15, 0.2) is 18.3 Å². The van der Waals surface area contributed by atoms with E-state index in [4.69, 9.17) is 0 Å². The highest BCUT2D eigenvalue weighted by Gasteiger charge is 2.33. The number of aliphatic hydroxyl groups is 1. The van der Waals surface area contributed by atoms with Gasteiger partial charge in [0.25, 0.3) is 5.91 Å². The molecule has 2 aliphatic heterocycles. The summed E-state index contributed by atoms with van der Waals surface area (Å²) in [5.41, 5.74) is 0.678. The Hall–Kier alpha value is -1.66. The molecule has 1 amide bonds. The summed E-state index contributed by atoms with van der Waals surface area (Å²) in [6.45, 7) is 5.30. The van der Waals surface area contributed by atoms with Gasteiger partial charge in [-0.1, -0.05) is 0 Å². The molecule has 2 saturated heterocycles. The minimum Gasteiger partial charge on any atom is -0.391 e. The predicted molar refractivity (Wildman–Crippen MR) is 96.8 cm³/mol. The van der Waals surface area contributed by atoms with Crippen molar-refractivity contribution in [1.29, 1.82) is 0 Å². The average molecular weight is 344 g/mol. The van der Waals surface area contributed by atoms with Crippen LogP contribution in [0.3, 0.4) is 0 Å².